The fraction of sp³-hybridized carbons (Fsp3) is 0.357. The van der Waals surface area contributed by atoms with Crippen molar-refractivity contribution in [3.63, 3.8) is 0 Å². The summed E-state index contributed by atoms with van der Waals surface area (Å²) in [6, 6.07) is 22.2. The Balaban J connectivity index is 1.18. The lowest BCUT2D eigenvalue weighted by molar-refractivity contribution is 0.262. The van der Waals surface area contributed by atoms with Gasteiger partial charge in [0.25, 0.3) is 0 Å². The summed E-state index contributed by atoms with van der Waals surface area (Å²) in [6.45, 7) is 12.0. The quantitative estimate of drug-likeness (QED) is 0.0927. The van der Waals surface area contributed by atoms with Crippen LogP contribution in [0.25, 0.3) is 11.1 Å². The Bertz CT molecular complexity index is 2020. The first-order valence-electron chi connectivity index (χ1n) is 17.8. The van der Waals surface area contributed by atoms with Crippen molar-refractivity contribution in [3.05, 3.63) is 123 Å². The van der Waals surface area contributed by atoms with E-state index in [1.54, 1.807) is 12.3 Å². The van der Waals surface area contributed by atoms with Crippen LogP contribution in [0, 0.1) is 32.1 Å². The Morgan fingerprint density at radius 2 is 1.62 bits per heavy atom. The molecule has 9 nitrogen and oxygen atoms in total. The summed E-state index contributed by atoms with van der Waals surface area (Å²) in [6.07, 6.45) is 6.87. The molecule has 0 atom stereocenters. The minimum absolute atomic E-state index is 0.227. The maximum atomic E-state index is 9.34. The van der Waals surface area contributed by atoms with Crippen LogP contribution in [0.15, 0.2) is 77.6 Å². The normalized spacial score (nSPS) is 13.0. The first-order chi connectivity index (χ1) is 25.3. The lowest BCUT2D eigenvalue weighted by Gasteiger charge is -2.20. The Morgan fingerprint density at radius 1 is 0.846 bits per heavy atom. The molecule has 52 heavy (non-hydrogen) atoms. The molecule has 1 saturated heterocycles. The smallest absolute Gasteiger partial charge is 0.142 e. The molecule has 0 saturated carbocycles. The first-order valence-corrected chi connectivity index (χ1v) is 18.2. The van der Waals surface area contributed by atoms with Crippen molar-refractivity contribution in [1.82, 2.24) is 19.9 Å². The maximum Gasteiger partial charge on any atom is 0.142 e. The lowest BCUT2D eigenvalue weighted by atomic mass is 9.93. The monoisotopic (exact) mass is 719 g/mol. The summed E-state index contributed by atoms with van der Waals surface area (Å²) in [7, 11) is 2.00. The second-order valence-corrected chi connectivity index (χ2v) is 13.9. The summed E-state index contributed by atoms with van der Waals surface area (Å²) in [5.74, 6) is 2.84. The van der Waals surface area contributed by atoms with Crippen LogP contribution in [-0.2, 0) is 26.3 Å². The molecule has 1 aliphatic heterocycles. The van der Waals surface area contributed by atoms with E-state index in [-0.39, 0.29) is 6.61 Å². The van der Waals surface area contributed by atoms with Crippen molar-refractivity contribution in [1.29, 1.82) is 5.26 Å². The van der Waals surface area contributed by atoms with Gasteiger partial charge in [0.2, 0.25) is 0 Å². The van der Waals surface area contributed by atoms with Gasteiger partial charge in [-0.15, -0.1) is 0 Å². The minimum Gasteiger partial charge on any atom is -0.493 e. The third-order valence-electron chi connectivity index (χ3n) is 9.46. The van der Waals surface area contributed by atoms with Crippen molar-refractivity contribution < 1.29 is 18.7 Å². The van der Waals surface area contributed by atoms with Crippen LogP contribution < -0.4 is 14.2 Å². The van der Waals surface area contributed by atoms with E-state index in [9.17, 15) is 5.26 Å². The van der Waals surface area contributed by atoms with E-state index in [1.807, 2.05) is 32.2 Å². The molecular weight excluding hydrogens is 674 g/mol. The number of benzene rings is 3. The highest BCUT2D eigenvalue weighted by molar-refractivity contribution is 6.32. The van der Waals surface area contributed by atoms with Crippen molar-refractivity contribution in [2.24, 2.45) is 0 Å². The third-order valence-corrected chi connectivity index (χ3v) is 9.76. The van der Waals surface area contributed by atoms with Crippen LogP contribution in [0.3, 0.4) is 0 Å². The second-order valence-electron chi connectivity index (χ2n) is 13.5. The highest BCUT2D eigenvalue weighted by Gasteiger charge is 2.17. The first kappa shape index (κ1) is 36.9. The molecule has 0 unspecified atom stereocenters. The summed E-state index contributed by atoms with van der Waals surface area (Å²) < 4.78 is 24.3. The average Bonchev–Trinajstić information content (AvgIpc) is 3.82. The molecule has 1 aliphatic rings. The Hall–Kier alpha value is -4.88. The molecule has 0 aliphatic carbocycles. The van der Waals surface area contributed by atoms with E-state index in [0.717, 1.165) is 69.1 Å². The molecule has 0 N–H and O–H groups in total. The summed E-state index contributed by atoms with van der Waals surface area (Å²) >= 11 is 6.88. The third kappa shape index (κ3) is 9.51. The SMILES string of the molecule is Cc1cc(CN(C)Cc2cc(Cl)c(OCc3cccc(-c4cccc(OCCCN5CCCC5)c4C)c3C)cc2OCc2cncc(C#N)c2)no1. The van der Waals surface area contributed by atoms with Crippen LogP contribution in [0.1, 0.15) is 64.1 Å². The number of hydrogen-bond donors (Lipinski definition) is 0. The van der Waals surface area contributed by atoms with Crippen LogP contribution in [0.2, 0.25) is 5.02 Å². The van der Waals surface area contributed by atoms with Gasteiger partial charge in [0.05, 0.1) is 22.9 Å². The number of aromatic nitrogens is 2. The summed E-state index contributed by atoms with van der Waals surface area (Å²) in [4.78, 5) is 8.81. The largest absolute Gasteiger partial charge is 0.493 e. The molecular formula is C42H46ClN5O4. The lowest BCUT2D eigenvalue weighted by Crippen LogP contribution is -2.22. The van der Waals surface area contributed by atoms with Crippen LogP contribution in [0.4, 0.5) is 0 Å². The van der Waals surface area contributed by atoms with Crippen molar-refractivity contribution in [2.45, 2.75) is 66.3 Å². The van der Waals surface area contributed by atoms with Gasteiger partial charge in [-0.25, -0.2) is 0 Å². The van der Waals surface area contributed by atoms with Crippen LogP contribution in [0.5, 0.6) is 17.2 Å². The molecule has 3 heterocycles. The standard InChI is InChI=1S/C42H46ClN5O4/c1-29-18-36(46-52-29)26-47(4)25-35-20-39(43)42(21-41(35)50-27-33-19-32(22-44)23-45-24-33)51-28-34-10-7-11-37(30(34)2)38-12-8-13-40(31(38)3)49-17-9-16-48-14-5-6-15-48/h7-8,10-13,18-21,23-24H,5-6,9,14-17,25-28H2,1-4H3. The Labute approximate surface area is 311 Å². The summed E-state index contributed by atoms with van der Waals surface area (Å²) in [5.41, 5.74) is 8.60. The molecule has 0 amide bonds. The number of hydrogen-bond acceptors (Lipinski definition) is 9. The maximum absolute atomic E-state index is 9.34. The topological polar surface area (TPSA) is 96.9 Å². The number of rotatable bonds is 16. The minimum atomic E-state index is 0.227. The number of pyridine rings is 1. The van der Waals surface area contributed by atoms with Gasteiger partial charge in [-0.2, -0.15) is 5.26 Å². The number of nitrogens with zero attached hydrogens (tertiary/aromatic N) is 5. The highest BCUT2D eigenvalue weighted by Crippen LogP contribution is 2.37. The van der Waals surface area contributed by atoms with Gasteiger partial charge in [0.1, 0.15) is 42.3 Å². The molecule has 1 fully saturated rings. The Kier molecular flexibility index (Phi) is 12.5. The number of nitriles is 1. The zero-order valence-corrected chi connectivity index (χ0v) is 31.2. The molecule has 0 spiro atoms. The zero-order chi connectivity index (χ0) is 36.5. The predicted molar refractivity (Wildman–Crippen MR) is 203 cm³/mol. The van der Waals surface area contributed by atoms with Gasteiger partial charge < -0.3 is 23.6 Å². The van der Waals surface area contributed by atoms with E-state index in [2.05, 4.69) is 76.3 Å². The number of halogens is 1. The van der Waals surface area contributed by atoms with Crippen molar-refractivity contribution in [2.75, 3.05) is 33.3 Å². The van der Waals surface area contributed by atoms with Gasteiger partial charge in [0, 0.05) is 55.3 Å². The van der Waals surface area contributed by atoms with Crippen molar-refractivity contribution in [3.8, 4) is 34.4 Å². The number of ether oxygens (including phenoxy) is 3. The average molecular weight is 720 g/mol. The molecule has 3 aromatic carbocycles. The van der Waals surface area contributed by atoms with E-state index in [1.165, 1.54) is 32.1 Å². The van der Waals surface area contributed by atoms with Gasteiger partial charge in [-0.1, -0.05) is 47.1 Å². The summed E-state index contributed by atoms with van der Waals surface area (Å²) in [5, 5.41) is 14.0. The number of aryl methyl sites for hydroxylation is 1. The second kappa shape index (κ2) is 17.6. The molecule has 0 radical (unpaired) electrons. The van der Waals surface area contributed by atoms with Crippen LogP contribution in [-0.4, -0.2) is 53.2 Å². The fourth-order valence-electron chi connectivity index (χ4n) is 6.68. The van der Waals surface area contributed by atoms with E-state index < -0.39 is 0 Å². The Morgan fingerprint density at radius 3 is 2.38 bits per heavy atom. The van der Waals surface area contributed by atoms with E-state index in [4.69, 9.17) is 30.3 Å². The van der Waals surface area contributed by atoms with Gasteiger partial charge in [-0.05, 0) is 106 Å². The molecule has 5 aromatic rings. The molecule has 0 bridgehead atoms. The van der Waals surface area contributed by atoms with E-state index in [0.29, 0.717) is 48.4 Å². The molecule has 2 aromatic heterocycles. The van der Waals surface area contributed by atoms with E-state index >= 15 is 0 Å². The fourth-order valence-corrected chi connectivity index (χ4v) is 6.92. The van der Waals surface area contributed by atoms with Crippen LogP contribution >= 0.6 is 11.6 Å². The highest BCUT2D eigenvalue weighted by atomic mass is 35.5. The number of likely N-dealkylation sites (tertiary alicyclic amines) is 1. The molecule has 10 heteroatoms. The van der Waals surface area contributed by atoms with Gasteiger partial charge in [0.15, 0.2) is 0 Å². The molecule has 6 rings (SSSR count). The predicted octanol–water partition coefficient (Wildman–Crippen LogP) is 8.84. The van der Waals surface area contributed by atoms with Gasteiger partial charge >= 0.3 is 0 Å². The molecule has 270 valence electrons. The van der Waals surface area contributed by atoms with Crippen molar-refractivity contribution >= 4 is 11.6 Å². The van der Waals surface area contributed by atoms with Gasteiger partial charge in [-0.3, -0.25) is 9.88 Å². The zero-order valence-electron chi connectivity index (χ0n) is 30.5.